The number of rotatable bonds is 6. The first kappa shape index (κ1) is 15.6. The molecule has 1 aliphatic carbocycles. The molecule has 0 bridgehead atoms. The maximum atomic E-state index is 11.8. The first-order valence-electron chi connectivity index (χ1n) is 6.09. The zero-order chi connectivity index (χ0) is 13.6. The van der Waals surface area contributed by atoms with Crippen LogP contribution >= 0.6 is 11.8 Å². The Bertz CT molecular complexity index is 274. The van der Waals surface area contributed by atoms with Gasteiger partial charge in [-0.15, -0.1) is 0 Å². The van der Waals surface area contributed by atoms with Crippen molar-refractivity contribution in [3.05, 3.63) is 0 Å². The first-order valence-corrected chi connectivity index (χ1v) is 7.14. The maximum Gasteiger partial charge on any atom is 0.401 e. The van der Waals surface area contributed by atoms with Gasteiger partial charge in [0.15, 0.2) is 0 Å². The third-order valence-electron chi connectivity index (χ3n) is 2.76. The van der Waals surface area contributed by atoms with Gasteiger partial charge in [0.25, 0.3) is 0 Å². The number of thioether (sulfide) groups is 1. The predicted octanol–water partition coefficient (Wildman–Crippen LogP) is 1.93. The zero-order valence-corrected chi connectivity index (χ0v) is 11.2. The number of hydrogen-bond donors (Lipinski definition) is 2. The molecule has 0 radical (unpaired) electrons. The summed E-state index contributed by atoms with van der Waals surface area (Å²) in [6, 6.07) is 0.120. The average molecular weight is 284 g/mol. The number of nitrogens with one attached hydrogen (secondary N) is 2. The number of carbonyl (C=O) groups is 1. The van der Waals surface area contributed by atoms with Crippen LogP contribution in [0, 0.1) is 0 Å². The molecule has 2 atom stereocenters. The fraction of sp³-hybridized carbons (Fsp3) is 0.909. The molecule has 1 fully saturated rings. The topological polar surface area (TPSA) is 41.1 Å². The molecule has 0 aliphatic heterocycles. The standard InChI is InChI=1S/C11H19F3N2OS/c1-2-18-9-4-3-8(5-9)16-10(17)6-15-7-11(12,13)14/h8-9,15H,2-7H2,1H3,(H,16,17). The van der Waals surface area contributed by atoms with E-state index in [1.54, 1.807) is 0 Å². The van der Waals surface area contributed by atoms with Gasteiger partial charge < -0.3 is 10.6 Å². The summed E-state index contributed by atoms with van der Waals surface area (Å²) in [5, 5.41) is 5.44. The lowest BCUT2D eigenvalue weighted by molar-refractivity contribution is -0.128. The van der Waals surface area contributed by atoms with E-state index in [9.17, 15) is 18.0 Å². The molecule has 1 rings (SSSR count). The fourth-order valence-corrected chi connectivity index (χ4v) is 3.20. The highest BCUT2D eigenvalue weighted by Gasteiger charge is 2.28. The van der Waals surface area contributed by atoms with Crippen LogP contribution in [-0.4, -0.2) is 42.2 Å². The minimum atomic E-state index is -4.27. The molecular weight excluding hydrogens is 265 g/mol. The molecule has 0 heterocycles. The lowest BCUT2D eigenvalue weighted by atomic mass is 10.2. The zero-order valence-electron chi connectivity index (χ0n) is 10.3. The molecule has 0 aromatic heterocycles. The van der Waals surface area contributed by atoms with Crippen LogP contribution in [0.15, 0.2) is 0 Å². The Morgan fingerprint density at radius 2 is 2.11 bits per heavy atom. The molecule has 7 heteroatoms. The van der Waals surface area contributed by atoms with Crippen LogP contribution in [0.1, 0.15) is 26.2 Å². The molecule has 0 aromatic carbocycles. The normalized spacial score (nSPS) is 24.2. The van der Waals surface area contributed by atoms with E-state index in [1.807, 2.05) is 11.8 Å². The van der Waals surface area contributed by atoms with E-state index >= 15 is 0 Å². The third kappa shape index (κ3) is 6.49. The van der Waals surface area contributed by atoms with E-state index < -0.39 is 12.7 Å². The van der Waals surface area contributed by atoms with Gasteiger partial charge in [-0.3, -0.25) is 4.79 Å². The van der Waals surface area contributed by atoms with E-state index in [0.29, 0.717) is 5.25 Å². The Hall–Kier alpha value is -0.430. The molecule has 1 amide bonds. The van der Waals surface area contributed by atoms with Crippen LogP contribution in [-0.2, 0) is 4.79 Å². The van der Waals surface area contributed by atoms with Crippen LogP contribution in [0.4, 0.5) is 13.2 Å². The van der Waals surface area contributed by atoms with Crippen molar-refractivity contribution in [2.24, 2.45) is 0 Å². The lowest BCUT2D eigenvalue weighted by Crippen LogP contribution is -2.41. The van der Waals surface area contributed by atoms with Gasteiger partial charge >= 0.3 is 6.18 Å². The Balaban J connectivity index is 2.14. The molecule has 2 N–H and O–H groups in total. The third-order valence-corrected chi connectivity index (χ3v) is 4.00. The Morgan fingerprint density at radius 3 is 2.72 bits per heavy atom. The predicted molar refractivity (Wildman–Crippen MR) is 66.6 cm³/mol. The van der Waals surface area contributed by atoms with Crippen LogP contribution < -0.4 is 10.6 Å². The number of amides is 1. The number of alkyl halides is 3. The number of halogens is 3. The van der Waals surface area contributed by atoms with Gasteiger partial charge in [0.2, 0.25) is 5.91 Å². The van der Waals surface area contributed by atoms with Crippen molar-refractivity contribution in [3.63, 3.8) is 0 Å². The smallest absolute Gasteiger partial charge is 0.352 e. The summed E-state index contributed by atoms with van der Waals surface area (Å²) in [5.74, 6) is 0.699. The molecule has 0 spiro atoms. The van der Waals surface area contributed by atoms with Gasteiger partial charge in [-0.05, 0) is 25.0 Å². The highest BCUT2D eigenvalue weighted by molar-refractivity contribution is 7.99. The van der Waals surface area contributed by atoms with Crippen molar-refractivity contribution in [1.82, 2.24) is 10.6 Å². The molecule has 1 aliphatic rings. The van der Waals surface area contributed by atoms with Gasteiger partial charge in [0, 0.05) is 11.3 Å². The van der Waals surface area contributed by atoms with Crippen LogP contribution in [0.2, 0.25) is 0 Å². The molecule has 18 heavy (non-hydrogen) atoms. The van der Waals surface area contributed by atoms with E-state index in [4.69, 9.17) is 0 Å². The van der Waals surface area contributed by atoms with Gasteiger partial charge in [0.1, 0.15) is 0 Å². The van der Waals surface area contributed by atoms with Gasteiger partial charge in [-0.1, -0.05) is 6.92 Å². The summed E-state index contributed by atoms with van der Waals surface area (Å²) in [4.78, 5) is 11.4. The lowest BCUT2D eigenvalue weighted by Gasteiger charge is -2.14. The average Bonchev–Trinajstić information content (AvgIpc) is 2.64. The summed E-state index contributed by atoms with van der Waals surface area (Å²) < 4.78 is 35.5. The highest BCUT2D eigenvalue weighted by Crippen LogP contribution is 2.29. The molecular formula is C11H19F3N2OS. The number of carbonyl (C=O) groups excluding carboxylic acids is 1. The maximum absolute atomic E-state index is 11.8. The second-order valence-corrected chi connectivity index (χ2v) is 5.95. The van der Waals surface area contributed by atoms with Crippen molar-refractivity contribution in [2.75, 3.05) is 18.8 Å². The summed E-state index contributed by atoms with van der Waals surface area (Å²) in [6.07, 6.45) is -1.36. The summed E-state index contributed by atoms with van der Waals surface area (Å²) >= 11 is 1.88. The molecule has 1 saturated carbocycles. The van der Waals surface area contributed by atoms with E-state index in [2.05, 4.69) is 17.6 Å². The van der Waals surface area contributed by atoms with Crippen molar-refractivity contribution in [2.45, 2.75) is 43.7 Å². The summed E-state index contributed by atoms with van der Waals surface area (Å²) in [7, 11) is 0. The quantitative estimate of drug-likeness (QED) is 0.783. The van der Waals surface area contributed by atoms with Crippen LogP contribution in [0.3, 0.4) is 0 Å². The van der Waals surface area contributed by atoms with Gasteiger partial charge in [-0.25, -0.2) is 0 Å². The Kier molecular flexibility index (Phi) is 6.28. The van der Waals surface area contributed by atoms with Crippen molar-refractivity contribution in [3.8, 4) is 0 Å². The van der Waals surface area contributed by atoms with Crippen molar-refractivity contribution in [1.29, 1.82) is 0 Å². The fourth-order valence-electron chi connectivity index (χ4n) is 2.05. The van der Waals surface area contributed by atoms with Gasteiger partial charge in [-0.2, -0.15) is 24.9 Å². The van der Waals surface area contributed by atoms with E-state index in [0.717, 1.165) is 25.0 Å². The summed E-state index contributed by atoms with van der Waals surface area (Å²) in [5.41, 5.74) is 0. The molecule has 3 nitrogen and oxygen atoms in total. The van der Waals surface area contributed by atoms with Gasteiger partial charge in [0.05, 0.1) is 13.1 Å². The minimum absolute atomic E-state index is 0.120. The second-order valence-electron chi connectivity index (χ2n) is 4.37. The second kappa shape index (κ2) is 7.23. The Morgan fingerprint density at radius 1 is 1.39 bits per heavy atom. The van der Waals surface area contributed by atoms with E-state index in [1.165, 1.54) is 0 Å². The van der Waals surface area contributed by atoms with Crippen LogP contribution in [0.5, 0.6) is 0 Å². The van der Waals surface area contributed by atoms with Crippen molar-refractivity contribution < 1.29 is 18.0 Å². The highest BCUT2D eigenvalue weighted by atomic mass is 32.2. The molecule has 0 saturated heterocycles. The molecule has 106 valence electrons. The monoisotopic (exact) mass is 284 g/mol. The minimum Gasteiger partial charge on any atom is -0.352 e. The summed E-state index contributed by atoms with van der Waals surface area (Å²) in [6.45, 7) is 0.693. The van der Waals surface area contributed by atoms with Crippen molar-refractivity contribution >= 4 is 17.7 Å². The van der Waals surface area contributed by atoms with Crippen LogP contribution in [0.25, 0.3) is 0 Å². The first-order chi connectivity index (χ1) is 8.40. The SMILES string of the molecule is CCSC1CCC(NC(=O)CNCC(F)(F)F)C1. The largest absolute Gasteiger partial charge is 0.401 e. The Labute approximate surface area is 109 Å². The number of hydrogen-bond acceptors (Lipinski definition) is 3. The molecule has 2 unspecified atom stereocenters. The van der Waals surface area contributed by atoms with E-state index in [-0.39, 0.29) is 18.5 Å². The molecule has 0 aromatic rings.